The van der Waals surface area contributed by atoms with Crippen LogP contribution in [0.3, 0.4) is 0 Å². The highest BCUT2D eigenvalue weighted by molar-refractivity contribution is 7.78. The van der Waals surface area contributed by atoms with E-state index in [9.17, 15) is 9.90 Å². The molecule has 0 fully saturated rings. The number of aryl methyl sites for hydroxylation is 2. The highest BCUT2D eigenvalue weighted by atomic mass is 35.5. The number of isothiocyanates is 1. The summed E-state index contributed by atoms with van der Waals surface area (Å²) in [6.45, 7) is 3.89. The van der Waals surface area contributed by atoms with Gasteiger partial charge in [-0.15, -0.1) is 11.6 Å². The Morgan fingerprint density at radius 1 is 1.10 bits per heavy atom. The SMILES string of the molecule is Cc1cccc(C)c1N(CN=C=S)C(=O)C(Cl)c1ccc(O)c(-c2ccccc2)c1. The minimum absolute atomic E-state index is 0.0286. The molecule has 0 aromatic heterocycles. The van der Waals surface area contributed by atoms with E-state index in [1.54, 1.807) is 18.2 Å². The van der Waals surface area contributed by atoms with Crippen molar-refractivity contribution in [3.05, 3.63) is 83.4 Å². The normalized spacial score (nSPS) is 11.4. The molecule has 0 aliphatic heterocycles. The summed E-state index contributed by atoms with van der Waals surface area (Å²) < 4.78 is 0. The standard InChI is InChI=1S/C24H21ClN2O2S/c1-16-7-6-8-17(2)23(16)27(14-26-15-30)24(29)22(25)19-11-12-21(28)20(13-19)18-9-4-3-5-10-18/h3-13,22,28H,14H2,1-2H3. The molecule has 152 valence electrons. The molecule has 1 unspecified atom stereocenters. The van der Waals surface area contributed by atoms with Gasteiger partial charge in [-0.3, -0.25) is 9.69 Å². The van der Waals surface area contributed by atoms with Crippen molar-refractivity contribution in [2.45, 2.75) is 19.2 Å². The van der Waals surface area contributed by atoms with E-state index in [0.717, 1.165) is 22.4 Å². The summed E-state index contributed by atoms with van der Waals surface area (Å²) in [7, 11) is 0. The van der Waals surface area contributed by atoms with Crippen LogP contribution in [0, 0.1) is 13.8 Å². The molecule has 1 amide bonds. The van der Waals surface area contributed by atoms with Crippen LogP contribution >= 0.6 is 23.8 Å². The number of carbonyl (C=O) groups is 1. The molecule has 0 saturated heterocycles. The predicted octanol–water partition coefficient (Wildman–Crippen LogP) is 6.05. The first-order valence-corrected chi connectivity index (χ1v) is 10.2. The number of aliphatic imine (C=N–C) groups is 1. The Hall–Kier alpha value is -2.98. The van der Waals surface area contributed by atoms with Gasteiger partial charge in [-0.05, 0) is 60.5 Å². The number of hydrogen-bond donors (Lipinski definition) is 1. The van der Waals surface area contributed by atoms with E-state index in [0.29, 0.717) is 11.1 Å². The van der Waals surface area contributed by atoms with Crippen molar-refractivity contribution in [3.8, 4) is 16.9 Å². The van der Waals surface area contributed by atoms with E-state index in [2.05, 4.69) is 10.2 Å². The van der Waals surface area contributed by atoms with Crippen LogP contribution in [0.15, 0.2) is 71.7 Å². The number of benzene rings is 3. The number of anilines is 1. The van der Waals surface area contributed by atoms with Gasteiger partial charge in [0.2, 0.25) is 0 Å². The van der Waals surface area contributed by atoms with E-state index in [1.807, 2.05) is 62.4 Å². The van der Waals surface area contributed by atoms with Gasteiger partial charge in [0, 0.05) is 5.56 Å². The molecule has 1 N–H and O–H groups in total. The highest BCUT2D eigenvalue weighted by Gasteiger charge is 2.27. The van der Waals surface area contributed by atoms with E-state index in [-0.39, 0.29) is 18.3 Å². The van der Waals surface area contributed by atoms with Gasteiger partial charge < -0.3 is 5.11 Å². The van der Waals surface area contributed by atoms with Crippen LogP contribution in [0.5, 0.6) is 5.75 Å². The molecule has 3 rings (SSSR count). The predicted molar refractivity (Wildman–Crippen MR) is 125 cm³/mol. The molecule has 6 heteroatoms. The monoisotopic (exact) mass is 436 g/mol. The minimum Gasteiger partial charge on any atom is -0.507 e. The zero-order valence-electron chi connectivity index (χ0n) is 16.7. The fraction of sp³-hybridized carbons (Fsp3) is 0.167. The first kappa shape index (κ1) is 21.7. The maximum Gasteiger partial charge on any atom is 0.251 e. The fourth-order valence-electron chi connectivity index (χ4n) is 3.42. The van der Waals surface area contributed by atoms with Crippen LogP contribution in [0.25, 0.3) is 11.1 Å². The van der Waals surface area contributed by atoms with E-state index in [4.69, 9.17) is 23.8 Å². The third-order valence-corrected chi connectivity index (χ3v) is 5.43. The van der Waals surface area contributed by atoms with Crippen molar-refractivity contribution in [1.29, 1.82) is 0 Å². The number of phenolic OH excluding ortho intramolecular Hbond substituents is 1. The molecule has 3 aromatic carbocycles. The van der Waals surface area contributed by atoms with Gasteiger partial charge in [0.05, 0.1) is 10.8 Å². The molecule has 0 radical (unpaired) electrons. The highest BCUT2D eigenvalue weighted by Crippen LogP contribution is 2.35. The average molecular weight is 437 g/mol. The van der Waals surface area contributed by atoms with Crippen molar-refractivity contribution < 1.29 is 9.90 Å². The van der Waals surface area contributed by atoms with E-state index >= 15 is 0 Å². The van der Waals surface area contributed by atoms with E-state index in [1.165, 1.54) is 4.90 Å². The van der Waals surface area contributed by atoms with Gasteiger partial charge in [-0.2, -0.15) is 0 Å². The number of amides is 1. The summed E-state index contributed by atoms with van der Waals surface area (Å²) in [6.07, 6.45) is 0. The third kappa shape index (κ3) is 4.60. The summed E-state index contributed by atoms with van der Waals surface area (Å²) in [5, 5.41) is 11.7. The van der Waals surface area contributed by atoms with E-state index < -0.39 is 5.38 Å². The van der Waals surface area contributed by atoms with Gasteiger partial charge in [-0.25, -0.2) is 4.99 Å². The van der Waals surface area contributed by atoms with Crippen LogP contribution in [-0.2, 0) is 4.79 Å². The van der Waals surface area contributed by atoms with Crippen LogP contribution in [0.1, 0.15) is 22.1 Å². The first-order chi connectivity index (χ1) is 14.4. The summed E-state index contributed by atoms with van der Waals surface area (Å²) in [5.74, 6) is -0.203. The number of nitrogens with zero attached hydrogens (tertiary/aromatic N) is 2. The topological polar surface area (TPSA) is 52.9 Å². The molecule has 4 nitrogen and oxygen atoms in total. The zero-order chi connectivity index (χ0) is 21.7. The van der Waals surface area contributed by atoms with Crippen molar-refractivity contribution >= 4 is 40.6 Å². The Labute approximate surface area is 186 Å². The van der Waals surface area contributed by atoms with Crippen molar-refractivity contribution in [2.75, 3.05) is 11.6 Å². The van der Waals surface area contributed by atoms with Gasteiger partial charge in [0.15, 0.2) is 0 Å². The Morgan fingerprint density at radius 2 is 1.77 bits per heavy atom. The number of para-hydroxylation sites is 1. The number of aromatic hydroxyl groups is 1. The fourth-order valence-corrected chi connectivity index (χ4v) is 3.73. The second kappa shape index (κ2) is 9.68. The smallest absolute Gasteiger partial charge is 0.251 e. The van der Waals surface area contributed by atoms with Gasteiger partial charge in [0.25, 0.3) is 5.91 Å². The molecule has 0 aliphatic carbocycles. The lowest BCUT2D eigenvalue weighted by molar-refractivity contribution is -0.118. The third-order valence-electron chi connectivity index (χ3n) is 4.87. The van der Waals surface area contributed by atoms with Gasteiger partial charge in [-0.1, -0.05) is 54.6 Å². The molecule has 0 aliphatic rings. The summed E-state index contributed by atoms with van der Waals surface area (Å²) in [5.41, 5.74) is 4.65. The van der Waals surface area contributed by atoms with Crippen LogP contribution in [-0.4, -0.2) is 22.8 Å². The van der Waals surface area contributed by atoms with Crippen LogP contribution in [0.2, 0.25) is 0 Å². The summed E-state index contributed by atoms with van der Waals surface area (Å²) in [4.78, 5) is 18.9. The van der Waals surface area contributed by atoms with Gasteiger partial charge in [0.1, 0.15) is 17.8 Å². The molecule has 30 heavy (non-hydrogen) atoms. The number of halogens is 1. The van der Waals surface area contributed by atoms with Crippen LogP contribution in [0.4, 0.5) is 5.69 Å². The van der Waals surface area contributed by atoms with Crippen molar-refractivity contribution in [3.63, 3.8) is 0 Å². The van der Waals surface area contributed by atoms with Gasteiger partial charge >= 0.3 is 0 Å². The number of alkyl halides is 1. The average Bonchev–Trinajstić information content (AvgIpc) is 2.75. The number of carbonyl (C=O) groups excluding carboxylic acids is 1. The Balaban J connectivity index is 2.01. The molecule has 0 saturated carbocycles. The van der Waals surface area contributed by atoms with Crippen molar-refractivity contribution in [1.82, 2.24) is 0 Å². The Bertz CT molecular complexity index is 1090. The molecule has 0 bridgehead atoms. The lowest BCUT2D eigenvalue weighted by atomic mass is 9.99. The lowest BCUT2D eigenvalue weighted by Gasteiger charge is -2.26. The summed E-state index contributed by atoms with van der Waals surface area (Å²) in [6, 6.07) is 20.2. The Morgan fingerprint density at radius 3 is 2.40 bits per heavy atom. The van der Waals surface area contributed by atoms with Crippen molar-refractivity contribution in [2.24, 2.45) is 4.99 Å². The number of hydrogen-bond acceptors (Lipinski definition) is 4. The second-order valence-corrected chi connectivity index (χ2v) is 7.52. The quantitative estimate of drug-likeness (QED) is 0.290. The maximum atomic E-state index is 13.4. The zero-order valence-corrected chi connectivity index (χ0v) is 18.2. The molecule has 0 spiro atoms. The molecular weight excluding hydrogens is 416 g/mol. The maximum absolute atomic E-state index is 13.4. The largest absolute Gasteiger partial charge is 0.507 e. The first-order valence-electron chi connectivity index (χ1n) is 9.37. The number of thiocarbonyl (C=S) groups is 1. The molecule has 0 heterocycles. The molecule has 3 aromatic rings. The molecule has 1 atom stereocenters. The van der Waals surface area contributed by atoms with Crippen LogP contribution < -0.4 is 4.90 Å². The second-order valence-electron chi connectivity index (χ2n) is 6.90. The number of rotatable bonds is 6. The lowest BCUT2D eigenvalue weighted by Crippen LogP contribution is -2.35. The Kier molecular flexibility index (Phi) is 7.01. The summed E-state index contributed by atoms with van der Waals surface area (Å²) >= 11 is 11.3. The minimum atomic E-state index is -0.965. The number of phenols is 1. The molecular formula is C24H21ClN2O2S.